The Morgan fingerprint density at radius 1 is 1.03 bits per heavy atom. The van der Waals surface area contributed by atoms with Crippen molar-refractivity contribution in [3.63, 3.8) is 0 Å². The van der Waals surface area contributed by atoms with Crippen LogP contribution in [0.15, 0.2) is 53.5 Å². The molecular weight excluding hydrogens is 438 g/mol. The van der Waals surface area contributed by atoms with E-state index in [-0.39, 0.29) is 11.0 Å². The summed E-state index contributed by atoms with van der Waals surface area (Å²) in [6.45, 7) is 9.81. The number of fused-ring (bicyclic) bond motifs is 1. The molecule has 4 rings (SSSR count). The topological polar surface area (TPSA) is 66.1 Å². The number of pyridine rings is 1. The standard InChI is InChI=1S/C26H33N3O.C2H6O.CH2O/c1-26(2,3)25-27-22-16-20(15-21-12-14-24(30)28(4)17-21)11-13-23(22)29(25)18-19-9-7-5-6-8-10-19;1-3-2;1-2/h5-6,11-14,16-17,19H,7-10,15,18H2,1-4H3;1-2H3;1H2. The first-order valence-corrected chi connectivity index (χ1v) is 12.2. The maximum Gasteiger partial charge on any atom is 0.250 e. The fourth-order valence-corrected chi connectivity index (χ4v) is 4.52. The highest BCUT2D eigenvalue weighted by molar-refractivity contribution is 5.77. The summed E-state index contributed by atoms with van der Waals surface area (Å²) in [6.07, 6.45) is 12.3. The third-order valence-corrected chi connectivity index (χ3v) is 6.13. The molecule has 6 heteroatoms. The highest BCUT2D eigenvalue weighted by atomic mass is 16.4. The molecule has 0 spiro atoms. The average Bonchev–Trinajstić information content (AvgIpc) is 2.98. The number of allylic oxidation sites excluding steroid dienone is 2. The van der Waals surface area contributed by atoms with E-state index in [4.69, 9.17) is 9.78 Å². The van der Waals surface area contributed by atoms with Gasteiger partial charge in [-0.25, -0.2) is 4.98 Å². The van der Waals surface area contributed by atoms with Crippen LogP contribution >= 0.6 is 0 Å². The second kappa shape index (κ2) is 13.2. The molecule has 190 valence electrons. The molecule has 0 saturated heterocycles. The molecule has 2 heterocycles. The Kier molecular flexibility index (Phi) is 10.6. The summed E-state index contributed by atoms with van der Waals surface area (Å²) in [7, 11) is 5.05. The lowest BCUT2D eigenvalue weighted by molar-refractivity contribution is -0.0979. The van der Waals surface area contributed by atoms with Crippen molar-refractivity contribution in [2.24, 2.45) is 13.0 Å². The van der Waals surface area contributed by atoms with Crippen LogP contribution in [0.1, 0.15) is 63.4 Å². The third kappa shape index (κ3) is 7.76. The monoisotopic (exact) mass is 479 g/mol. The van der Waals surface area contributed by atoms with Gasteiger partial charge < -0.3 is 18.7 Å². The summed E-state index contributed by atoms with van der Waals surface area (Å²) in [4.78, 5) is 24.8. The lowest BCUT2D eigenvalue weighted by atomic mass is 9.94. The molecule has 3 aromatic rings. The maximum absolute atomic E-state index is 11.7. The molecule has 0 saturated carbocycles. The van der Waals surface area contributed by atoms with Crippen molar-refractivity contribution in [3.8, 4) is 0 Å². The molecule has 1 aromatic carbocycles. The molecule has 0 fully saturated rings. The second-order valence-electron chi connectivity index (χ2n) is 10.2. The molecule has 1 aliphatic rings. The van der Waals surface area contributed by atoms with Gasteiger partial charge in [-0.05, 0) is 61.3 Å². The van der Waals surface area contributed by atoms with Crippen molar-refractivity contribution < 1.29 is 9.53 Å². The molecule has 0 bridgehead atoms. The van der Waals surface area contributed by atoms with Gasteiger partial charge in [0.1, 0.15) is 12.6 Å². The zero-order valence-electron chi connectivity index (χ0n) is 22.2. The molecular formula is C29H41N3O3. The Morgan fingerprint density at radius 3 is 2.20 bits per heavy atom. The van der Waals surface area contributed by atoms with Gasteiger partial charge in [0.15, 0.2) is 0 Å². The minimum Gasteiger partial charge on any atom is -0.388 e. The van der Waals surface area contributed by atoms with Crippen LogP contribution < -0.4 is 5.56 Å². The smallest absolute Gasteiger partial charge is 0.250 e. The number of aromatic nitrogens is 3. The lowest BCUT2D eigenvalue weighted by Gasteiger charge is -2.23. The molecule has 2 aromatic heterocycles. The molecule has 0 atom stereocenters. The molecule has 6 nitrogen and oxygen atoms in total. The highest BCUT2D eigenvalue weighted by Crippen LogP contribution is 2.30. The highest BCUT2D eigenvalue weighted by Gasteiger charge is 2.24. The quantitative estimate of drug-likeness (QED) is 0.467. The predicted molar refractivity (Wildman–Crippen MR) is 144 cm³/mol. The van der Waals surface area contributed by atoms with E-state index in [9.17, 15) is 4.79 Å². The van der Waals surface area contributed by atoms with Crippen LogP contribution in [-0.4, -0.2) is 35.1 Å². The normalized spacial score (nSPS) is 14.0. The summed E-state index contributed by atoms with van der Waals surface area (Å²) >= 11 is 0. The van der Waals surface area contributed by atoms with Crippen LogP contribution in [0.4, 0.5) is 0 Å². The SMILES string of the molecule is C=O.COC.Cn1cc(Cc2ccc3c(c2)nc(C(C)(C)C)n3CC2CCC=CCC2)ccc1=O. The van der Waals surface area contributed by atoms with E-state index in [1.54, 1.807) is 31.9 Å². The first-order chi connectivity index (χ1) is 16.7. The number of imidazole rings is 1. The molecule has 0 aliphatic heterocycles. The molecule has 35 heavy (non-hydrogen) atoms. The number of ether oxygens (including phenoxy) is 1. The molecule has 0 amide bonds. The number of rotatable bonds is 4. The fraction of sp³-hybridized carbons (Fsp3) is 0.483. The molecule has 0 unspecified atom stereocenters. The van der Waals surface area contributed by atoms with E-state index in [1.165, 1.54) is 42.6 Å². The van der Waals surface area contributed by atoms with Gasteiger partial charge in [0, 0.05) is 45.5 Å². The summed E-state index contributed by atoms with van der Waals surface area (Å²) in [6, 6.07) is 10.2. The molecule has 1 aliphatic carbocycles. The largest absolute Gasteiger partial charge is 0.388 e. The number of carbonyl (C=O) groups is 1. The van der Waals surface area contributed by atoms with E-state index >= 15 is 0 Å². The Hall–Kier alpha value is -2.99. The molecule has 0 radical (unpaired) electrons. The third-order valence-electron chi connectivity index (χ3n) is 6.13. The number of carbonyl (C=O) groups excluding carboxylic acids is 1. The van der Waals surface area contributed by atoms with Gasteiger partial charge >= 0.3 is 0 Å². The predicted octanol–water partition coefficient (Wildman–Crippen LogP) is 5.45. The molecule has 0 N–H and O–H groups in total. The Bertz CT molecular complexity index is 1160. The van der Waals surface area contributed by atoms with E-state index in [0.29, 0.717) is 5.92 Å². The Balaban J connectivity index is 0.000000803. The Morgan fingerprint density at radius 2 is 1.63 bits per heavy atom. The number of hydrogen-bond acceptors (Lipinski definition) is 4. The van der Waals surface area contributed by atoms with Crippen molar-refractivity contribution >= 4 is 17.8 Å². The fourth-order valence-electron chi connectivity index (χ4n) is 4.52. The van der Waals surface area contributed by atoms with Crippen LogP contribution in [0.3, 0.4) is 0 Å². The van der Waals surface area contributed by atoms with Gasteiger partial charge in [0.2, 0.25) is 5.56 Å². The van der Waals surface area contributed by atoms with Gasteiger partial charge in [-0.3, -0.25) is 4.79 Å². The lowest BCUT2D eigenvalue weighted by Crippen LogP contribution is -2.21. The van der Waals surface area contributed by atoms with E-state index in [1.807, 2.05) is 19.1 Å². The van der Waals surface area contributed by atoms with Crippen molar-refractivity contribution in [2.75, 3.05) is 14.2 Å². The summed E-state index contributed by atoms with van der Waals surface area (Å²) in [5.41, 5.74) is 4.70. The number of nitrogens with zero attached hydrogens (tertiary/aromatic N) is 3. The number of hydrogen-bond donors (Lipinski definition) is 0. The van der Waals surface area contributed by atoms with Crippen molar-refractivity contribution in [1.82, 2.24) is 14.1 Å². The van der Waals surface area contributed by atoms with Gasteiger partial charge in [0.05, 0.1) is 11.0 Å². The second-order valence-corrected chi connectivity index (χ2v) is 10.2. The van der Waals surface area contributed by atoms with Crippen LogP contribution in [-0.2, 0) is 35.0 Å². The number of methoxy groups -OCH3 is 1. The van der Waals surface area contributed by atoms with E-state index in [0.717, 1.165) is 24.0 Å². The van der Waals surface area contributed by atoms with Crippen LogP contribution in [0, 0.1) is 5.92 Å². The Labute approximate surface area is 209 Å². The van der Waals surface area contributed by atoms with Gasteiger partial charge in [-0.1, -0.05) is 45.1 Å². The van der Waals surface area contributed by atoms with Crippen LogP contribution in [0.2, 0.25) is 0 Å². The number of aryl methyl sites for hydroxylation is 1. The van der Waals surface area contributed by atoms with Crippen molar-refractivity contribution in [1.29, 1.82) is 0 Å². The van der Waals surface area contributed by atoms with Crippen molar-refractivity contribution in [3.05, 3.63) is 76.0 Å². The average molecular weight is 480 g/mol. The first-order valence-electron chi connectivity index (χ1n) is 12.2. The van der Waals surface area contributed by atoms with E-state index in [2.05, 4.69) is 60.4 Å². The summed E-state index contributed by atoms with van der Waals surface area (Å²) in [5, 5.41) is 0. The van der Waals surface area contributed by atoms with Crippen LogP contribution in [0.25, 0.3) is 11.0 Å². The van der Waals surface area contributed by atoms with Gasteiger partial charge in [-0.2, -0.15) is 0 Å². The van der Waals surface area contributed by atoms with Crippen LogP contribution in [0.5, 0.6) is 0 Å². The minimum atomic E-state index is -0.000127. The zero-order chi connectivity index (χ0) is 26.0. The van der Waals surface area contributed by atoms with Gasteiger partial charge in [0.25, 0.3) is 0 Å². The minimum absolute atomic E-state index is 0.000127. The summed E-state index contributed by atoms with van der Waals surface area (Å²) in [5.74, 6) is 1.87. The zero-order valence-corrected chi connectivity index (χ0v) is 22.2. The summed E-state index contributed by atoms with van der Waals surface area (Å²) < 4.78 is 8.36. The maximum atomic E-state index is 11.7. The van der Waals surface area contributed by atoms with Crippen molar-refractivity contribution in [2.45, 2.75) is 64.8 Å². The van der Waals surface area contributed by atoms with Gasteiger partial charge in [-0.15, -0.1) is 0 Å². The van der Waals surface area contributed by atoms with E-state index < -0.39 is 0 Å². The number of benzene rings is 1. The first kappa shape index (κ1) is 28.2.